The van der Waals surface area contributed by atoms with Gasteiger partial charge in [-0.3, -0.25) is 0 Å². The third kappa shape index (κ3) is 3.16. The maximum atomic E-state index is 11.0. The van der Waals surface area contributed by atoms with Crippen molar-refractivity contribution >= 4 is 40.7 Å². The monoisotopic (exact) mass is 296 g/mol. The number of aromatic nitrogens is 1. The smallest absolute Gasteiger partial charge is 0.337 e. The van der Waals surface area contributed by atoms with Crippen LogP contribution in [0.15, 0.2) is 30.5 Å². The Hall–Kier alpha value is -1.78. The van der Waals surface area contributed by atoms with Crippen LogP contribution >= 0.6 is 23.2 Å². The molecule has 0 bridgehead atoms. The first-order chi connectivity index (χ1) is 8.97. The van der Waals surface area contributed by atoms with Crippen molar-refractivity contribution in [3.05, 3.63) is 51.6 Å². The van der Waals surface area contributed by atoms with Gasteiger partial charge in [-0.15, -0.1) is 0 Å². The maximum Gasteiger partial charge on any atom is 0.337 e. The van der Waals surface area contributed by atoms with E-state index in [0.29, 0.717) is 16.5 Å². The van der Waals surface area contributed by atoms with Crippen LogP contribution in [0, 0.1) is 6.92 Å². The Bertz CT molecular complexity index is 645. The molecule has 0 saturated heterocycles. The Morgan fingerprint density at radius 3 is 2.68 bits per heavy atom. The summed E-state index contributed by atoms with van der Waals surface area (Å²) in [5, 5.41) is 12.6. The van der Waals surface area contributed by atoms with Crippen molar-refractivity contribution in [1.29, 1.82) is 0 Å². The van der Waals surface area contributed by atoms with E-state index in [4.69, 9.17) is 28.3 Å². The van der Waals surface area contributed by atoms with Crippen LogP contribution in [0.3, 0.4) is 0 Å². The van der Waals surface area contributed by atoms with Gasteiger partial charge in [0.2, 0.25) is 0 Å². The van der Waals surface area contributed by atoms with E-state index in [9.17, 15) is 4.79 Å². The zero-order valence-corrected chi connectivity index (χ0v) is 11.5. The second-order valence-electron chi connectivity index (χ2n) is 3.96. The van der Waals surface area contributed by atoms with Gasteiger partial charge in [-0.25, -0.2) is 9.78 Å². The summed E-state index contributed by atoms with van der Waals surface area (Å²) in [5.74, 6) is -0.736. The summed E-state index contributed by atoms with van der Waals surface area (Å²) in [5.41, 5.74) is 1.68. The van der Waals surface area contributed by atoms with Crippen molar-refractivity contribution in [1.82, 2.24) is 4.98 Å². The Kier molecular flexibility index (Phi) is 3.93. The van der Waals surface area contributed by atoms with Gasteiger partial charge in [0.15, 0.2) is 0 Å². The number of hydrogen-bond acceptors (Lipinski definition) is 3. The van der Waals surface area contributed by atoms with Crippen LogP contribution in [0.4, 0.5) is 11.5 Å². The highest BCUT2D eigenvalue weighted by molar-refractivity contribution is 6.34. The second-order valence-corrected chi connectivity index (χ2v) is 4.78. The van der Waals surface area contributed by atoms with E-state index >= 15 is 0 Å². The van der Waals surface area contributed by atoms with E-state index in [-0.39, 0.29) is 10.6 Å². The predicted molar refractivity (Wildman–Crippen MR) is 75.7 cm³/mol. The summed E-state index contributed by atoms with van der Waals surface area (Å²) >= 11 is 11.8. The molecule has 0 radical (unpaired) electrons. The molecule has 19 heavy (non-hydrogen) atoms. The number of aromatic carboxylic acids is 1. The van der Waals surface area contributed by atoms with Crippen molar-refractivity contribution in [2.24, 2.45) is 0 Å². The van der Waals surface area contributed by atoms with E-state index in [1.54, 1.807) is 6.07 Å². The van der Waals surface area contributed by atoms with Crippen molar-refractivity contribution in [2.75, 3.05) is 5.32 Å². The number of benzene rings is 1. The highest BCUT2D eigenvalue weighted by Crippen LogP contribution is 2.27. The Balaban J connectivity index is 2.36. The molecule has 1 aromatic carbocycles. The van der Waals surface area contributed by atoms with Crippen molar-refractivity contribution in [3.8, 4) is 0 Å². The van der Waals surface area contributed by atoms with Crippen molar-refractivity contribution in [2.45, 2.75) is 6.92 Å². The number of carbonyl (C=O) groups is 1. The minimum Gasteiger partial charge on any atom is -0.478 e. The van der Waals surface area contributed by atoms with Crippen LogP contribution in [0.1, 0.15) is 15.9 Å². The molecule has 0 aliphatic rings. The first-order valence-electron chi connectivity index (χ1n) is 5.39. The number of anilines is 2. The van der Waals surface area contributed by atoms with Gasteiger partial charge < -0.3 is 10.4 Å². The highest BCUT2D eigenvalue weighted by atomic mass is 35.5. The van der Waals surface area contributed by atoms with Crippen molar-refractivity contribution in [3.63, 3.8) is 0 Å². The van der Waals surface area contributed by atoms with Gasteiger partial charge in [0, 0.05) is 6.20 Å². The number of carboxylic acids is 1. The van der Waals surface area contributed by atoms with Gasteiger partial charge >= 0.3 is 5.97 Å². The van der Waals surface area contributed by atoms with Crippen LogP contribution in [0.5, 0.6) is 0 Å². The molecule has 0 fully saturated rings. The average molecular weight is 297 g/mol. The maximum absolute atomic E-state index is 11.0. The summed E-state index contributed by atoms with van der Waals surface area (Å²) < 4.78 is 0. The van der Waals surface area contributed by atoms with Gasteiger partial charge in [-0.05, 0) is 30.7 Å². The summed E-state index contributed by atoms with van der Waals surface area (Å²) in [6, 6.07) is 6.85. The van der Waals surface area contributed by atoms with E-state index in [0.717, 1.165) is 5.56 Å². The summed E-state index contributed by atoms with van der Waals surface area (Å²) in [7, 11) is 0. The molecule has 2 rings (SSSR count). The number of halogens is 2. The summed E-state index contributed by atoms with van der Waals surface area (Å²) in [4.78, 5) is 15.0. The number of nitrogens with one attached hydrogen (secondary N) is 1. The lowest BCUT2D eigenvalue weighted by Crippen LogP contribution is -2.01. The average Bonchev–Trinajstić information content (AvgIpc) is 2.36. The molecule has 4 nitrogen and oxygen atoms in total. The van der Waals surface area contributed by atoms with Crippen LogP contribution in [-0.4, -0.2) is 16.1 Å². The lowest BCUT2D eigenvalue weighted by Gasteiger charge is -2.09. The summed E-state index contributed by atoms with van der Waals surface area (Å²) in [6.45, 7) is 1.93. The Labute approximate surface area is 120 Å². The van der Waals surface area contributed by atoms with Gasteiger partial charge in [0.05, 0.1) is 21.3 Å². The number of hydrogen-bond donors (Lipinski definition) is 2. The quantitative estimate of drug-likeness (QED) is 0.893. The van der Waals surface area contributed by atoms with E-state index in [2.05, 4.69) is 10.3 Å². The molecule has 0 aliphatic carbocycles. The van der Waals surface area contributed by atoms with Gasteiger partial charge in [0.1, 0.15) is 5.82 Å². The Morgan fingerprint density at radius 1 is 1.26 bits per heavy atom. The predicted octanol–water partition coefficient (Wildman–Crippen LogP) is 4.14. The number of aryl methyl sites for hydroxylation is 1. The number of nitrogens with zero attached hydrogens (tertiary/aromatic N) is 1. The third-order valence-corrected chi connectivity index (χ3v) is 3.10. The van der Waals surface area contributed by atoms with E-state index < -0.39 is 5.97 Å². The summed E-state index contributed by atoms with van der Waals surface area (Å²) in [6.07, 6.45) is 1.29. The first kappa shape index (κ1) is 13.6. The molecule has 1 aromatic heterocycles. The van der Waals surface area contributed by atoms with Crippen LogP contribution < -0.4 is 5.32 Å². The molecule has 0 unspecified atom stereocenters. The molecule has 0 spiro atoms. The molecular weight excluding hydrogens is 287 g/mol. The van der Waals surface area contributed by atoms with Crippen LogP contribution in [-0.2, 0) is 0 Å². The fourth-order valence-corrected chi connectivity index (χ4v) is 1.89. The van der Waals surface area contributed by atoms with Crippen LogP contribution in [0.25, 0.3) is 0 Å². The normalized spacial score (nSPS) is 10.3. The topological polar surface area (TPSA) is 62.2 Å². The SMILES string of the molecule is Cc1ccc(Cl)c(Nc2cc(C(=O)O)c(Cl)cn2)c1. The molecule has 1 heterocycles. The van der Waals surface area contributed by atoms with Crippen molar-refractivity contribution < 1.29 is 9.90 Å². The number of rotatable bonds is 3. The zero-order valence-electron chi connectivity index (χ0n) is 9.95. The first-order valence-corrected chi connectivity index (χ1v) is 6.15. The standard InChI is InChI=1S/C13H10Cl2N2O2/c1-7-2-3-9(14)11(4-7)17-12-5-8(13(18)19)10(15)6-16-12/h2-6H,1H3,(H,16,17)(H,18,19). The molecule has 0 aliphatic heterocycles. The zero-order chi connectivity index (χ0) is 14.0. The molecule has 0 amide bonds. The van der Waals surface area contributed by atoms with E-state index in [1.165, 1.54) is 12.3 Å². The number of pyridine rings is 1. The third-order valence-electron chi connectivity index (χ3n) is 2.47. The van der Waals surface area contributed by atoms with Gasteiger partial charge in [0.25, 0.3) is 0 Å². The highest BCUT2D eigenvalue weighted by Gasteiger charge is 2.11. The fourth-order valence-electron chi connectivity index (χ4n) is 1.54. The number of carboxylic acid groups (broad SMARTS) is 1. The largest absolute Gasteiger partial charge is 0.478 e. The minimum absolute atomic E-state index is 0.0112. The van der Waals surface area contributed by atoms with Crippen LogP contribution in [0.2, 0.25) is 10.0 Å². The second kappa shape index (κ2) is 5.47. The molecule has 0 saturated carbocycles. The lowest BCUT2D eigenvalue weighted by molar-refractivity contribution is 0.0697. The minimum atomic E-state index is -1.11. The molecular formula is C13H10Cl2N2O2. The molecule has 6 heteroatoms. The molecule has 0 atom stereocenters. The van der Waals surface area contributed by atoms with Gasteiger partial charge in [-0.2, -0.15) is 0 Å². The fraction of sp³-hybridized carbons (Fsp3) is 0.0769. The van der Waals surface area contributed by atoms with E-state index in [1.807, 2.05) is 19.1 Å². The lowest BCUT2D eigenvalue weighted by atomic mass is 10.2. The molecule has 2 N–H and O–H groups in total. The molecule has 2 aromatic rings. The van der Waals surface area contributed by atoms with Gasteiger partial charge in [-0.1, -0.05) is 29.3 Å². The Morgan fingerprint density at radius 2 is 2.00 bits per heavy atom. The molecule has 98 valence electrons.